The molecule has 1 atom stereocenters. The highest BCUT2D eigenvalue weighted by Gasteiger charge is 2.13. The van der Waals surface area contributed by atoms with E-state index in [4.69, 9.17) is 9.47 Å². The van der Waals surface area contributed by atoms with Crippen LogP contribution in [-0.4, -0.2) is 24.2 Å². The van der Waals surface area contributed by atoms with Crippen molar-refractivity contribution in [3.8, 4) is 11.5 Å². The Labute approximate surface area is 107 Å². The van der Waals surface area contributed by atoms with E-state index in [0.29, 0.717) is 23.0 Å². The number of halogens is 1. The SMILES string of the molecule is CC[S@](=O)Cc1ccc(OC)c(OC)c1Br. The van der Waals surface area contributed by atoms with E-state index >= 15 is 0 Å². The first kappa shape index (κ1) is 13.5. The van der Waals surface area contributed by atoms with Gasteiger partial charge >= 0.3 is 0 Å². The predicted molar refractivity (Wildman–Crippen MR) is 69.6 cm³/mol. The molecule has 0 unspecified atom stereocenters. The molecule has 1 aromatic carbocycles. The van der Waals surface area contributed by atoms with Crippen LogP contribution in [-0.2, 0) is 16.6 Å². The Morgan fingerprint density at radius 2 is 2.00 bits per heavy atom. The summed E-state index contributed by atoms with van der Waals surface area (Å²) in [5.41, 5.74) is 0.970. The van der Waals surface area contributed by atoms with Gasteiger partial charge in [-0.15, -0.1) is 0 Å². The molecule has 0 aliphatic heterocycles. The lowest BCUT2D eigenvalue weighted by atomic mass is 10.2. The topological polar surface area (TPSA) is 35.5 Å². The van der Waals surface area contributed by atoms with E-state index in [9.17, 15) is 4.21 Å². The highest BCUT2D eigenvalue weighted by Crippen LogP contribution is 2.37. The Morgan fingerprint density at radius 1 is 1.31 bits per heavy atom. The van der Waals surface area contributed by atoms with Crippen LogP contribution in [0.1, 0.15) is 12.5 Å². The number of hydrogen-bond donors (Lipinski definition) is 0. The third-order valence-electron chi connectivity index (χ3n) is 2.20. The minimum Gasteiger partial charge on any atom is -0.493 e. The molecule has 0 N–H and O–H groups in total. The predicted octanol–water partition coefficient (Wildman–Crippen LogP) is 2.73. The maximum atomic E-state index is 11.5. The molecule has 1 aromatic rings. The molecule has 0 bridgehead atoms. The lowest BCUT2D eigenvalue weighted by molar-refractivity contribution is 0.353. The van der Waals surface area contributed by atoms with Crippen LogP contribution in [0, 0.1) is 0 Å². The minimum atomic E-state index is -0.833. The van der Waals surface area contributed by atoms with Gasteiger partial charge in [0.2, 0.25) is 0 Å². The van der Waals surface area contributed by atoms with Crippen LogP contribution in [0.2, 0.25) is 0 Å². The second-order valence-electron chi connectivity index (χ2n) is 3.15. The summed E-state index contributed by atoms with van der Waals surface area (Å²) in [4.78, 5) is 0. The van der Waals surface area contributed by atoms with Gasteiger partial charge < -0.3 is 9.47 Å². The Kier molecular flexibility index (Phi) is 5.28. The largest absolute Gasteiger partial charge is 0.493 e. The van der Waals surface area contributed by atoms with Crippen molar-refractivity contribution in [2.24, 2.45) is 0 Å². The molecule has 5 heteroatoms. The average Bonchev–Trinajstić information content (AvgIpc) is 2.31. The summed E-state index contributed by atoms with van der Waals surface area (Å²) < 4.78 is 22.7. The summed E-state index contributed by atoms with van der Waals surface area (Å²) >= 11 is 3.45. The standard InChI is InChI=1S/C11H15BrO3S/c1-4-16(13)7-8-5-6-9(14-2)11(15-3)10(8)12/h5-6H,4,7H2,1-3H3/t16-/m0/s1. The van der Waals surface area contributed by atoms with Crippen molar-refractivity contribution in [3.63, 3.8) is 0 Å². The number of ether oxygens (including phenoxy) is 2. The van der Waals surface area contributed by atoms with Crippen molar-refractivity contribution >= 4 is 26.7 Å². The summed E-state index contributed by atoms with van der Waals surface area (Å²) in [6, 6.07) is 3.73. The normalized spacial score (nSPS) is 12.2. The molecule has 0 spiro atoms. The van der Waals surface area contributed by atoms with Crippen LogP contribution in [0.3, 0.4) is 0 Å². The summed E-state index contributed by atoms with van der Waals surface area (Å²) in [6.45, 7) is 1.91. The zero-order valence-electron chi connectivity index (χ0n) is 9.58. The van der Waals surface area contributed by atoms with Crippen LogP contribution in [0.25, 0.3) is 0 Å². The van der Waals surface area contributed by atoms with E-state index in [0.717, 1.165) is 10.0 Å². The minimum absolute atomic E-state index is 0.525. The highest BCUT2D eigenvalue weighted by molar-refractivity contribution is 9.10. The van der Waals surface area contributed by atoms with Gasteiger partial charge in [-0.1, -0.05) is 13.0 Å². The molecule has 0 radical (unpaired) electrons. The molecule has 0 aromatic heterocycles. The van der Waals surface area contributed by atoms with Gasteiger partial charge in [-0.3, -0.25) is 4.21 Å². The van der Waals surface area contributed by atoms with E-state index in [1.165, 1.54) is 0 Å². The Hall–Kier alpha value is -0.550. The number of benzene rings is 1. The van der Waals surface area contributed by atoms with Crippen molar-refractivity contribution in [1.82, 2.24) is 0 Å². The molecule has 16 heavy (non-hydrogen) atoms. The molecule has 90 valence electrons. The smallest absolute Gasteiger partial charge is 0.175 e. The highest BCUT2D eigenvalue weighted by atomic mass is 79.9. The molecule has 3 nitrogen and oxygen atoms in total. The zero-order chi connectivity index (χ0) is 12.1. The van der Waals surface area contributed by atoms with Crippen LogP contribution in [0.15, 0.2) is 16.6 Å². The van der Waals surface area contributed by atoms with Crippen LogP contribution in [0.4, 0.5) is 0 Å². The van der Waals surface area contributed by atoms with Crippen molar-refractivity contribution in [2.75, 3.05) is 20.0 Å². The van der Waals surface area contributed by atoms with Crippen molar-refractivity contribution in [2.45, 2.75) is 12.7 Å². The second-order valence-corrected chi connectivity index (χ2v) is 5.69. The van der Waals surface area contributed by atoms with Crippen molar-refractivity contribution in [1.29, 1.82) is 0 Å². The van der Waals surface area contributed by atoms with Crippen LogP contribution >= 0.6 is 15.9 Å². The van der Waals surface area contributed by atoms with E-state index in [-0.39, 0.29) is 0 Å². The van der Waals surface area contributed by atoms with Crippen molar-refractivity contribution in [3.05, 3.63) is 22.2 Å². The molecule has 0 amide bonds. The second kappa shape index (κ2) is 6.25. The molecule has 0 saturated carbocycles. The van der Waals surface area contributed by atoms with Gasteiger partial charge in [0.1, 0.15) is 0 Å². The average molecular weight is 307 g/mol. The van der Waals surface area contributed by atoms with Gasteiger partial charge in [-0.2, -0.15) is 0 Å². The lowest BCUT2D eigenvalue weighted by Crippen LogP contribution is -2.00. The number of methoxy groups -OCH3 is 2. The van der Waals surface area contributed by atoms with Gasteiger partial charge in [0.15, 0.2) is 11.5 Å². The van der Waals surface area contributed by atoms with Gasteiger partial charge in [0.25, 0.3) is 0 Å². The molecule has 1 rings (SSSR count). The molecule has 0 aliphatic carbocycles. The fourth-order valence-corrected chi connectivity index (χ4v) is 2.92. The van der Waals surface area contributed by atoms with E-state index in [1.807, 2.05) is 19.1 Å². The molecule has 0 heterocycles. The third kappa shape index (κ3) is 2.98. The summed E-state index contributed by atoms with van der Waals surface area (Å²) in [5.74, 6) is 2.49. The van der Waals surface area contributed by atoms with Gasteiger partial charge in [0, 0.05) is 22.3 Å². The molecular formula is C11H15BrO3S. The third-order valence-corrected chi connectivity index (χ3v) is 4.35. The number of rotatable bonds is 5. The molecule has 0 aliphatic rings. The monoisotopic (exact) mass is 306 g/mol. The molecular weight excluding hydrogens is 292 g/mol. The Morgan fingerprint density at radius 3 is 2.50 bits per heavy atom. The maximum Gasteiger partial charge on any atom is 0.175 e. The summed E-state index contributed by atoms with van der Waals surface area (Å²) in [6.07, 6.45) is 0. The van der Waals surface area contributed by atoms with Gasteiger partial charge in [-0.05, 0) is 27.6 Å². The lowest BCUT2D eigenvalue weighted by Gasteiger charge is -2.12. The maximum absolute atomic E-state index is 11.5. The number of hydrogen-bond acceptors (Lipinski definition) is 3. The van der Waals surface area contributed by atoms with Gasteiger partial charge in [-0.25, -0.2) is 0 Å². The zero-order valence-corrected chi connectivity index (χ0v) is 12.0. The fraction of sp³-hybridized carbons (Fsp3) is 0.455. The van der Waals surface area contributed by atoms with E-state index in [2.05, 4.69) is 15.9 Å². The first-order valence-electron chi connectivity index (χ1n) is 4.88. The fourth-order valence-electron chi connectivity index (χ4n) is 1.32. The van der Waals surface area contributed by atoms with E-state index < -0.39 is 10.8 Å². The quantitative estimate of drug-likeness (QED) is 0.839. The first-order valence-corrected chi connectivity index (χ1v) is 7.16. The van der Waals surface area contributed by atoms with E-state index in [1.54, 1.807) is 14.2 Å². The van der Waals surface area contributed by atoms with Crippen molar-refractivity contribution < 1.29 is 13.7 Å². The Balaban J connectivity index is 3.08. The van der Waals surface area contributed by atoms with Gasteiger partial charge in [0.05, 0.1) is 18.7 Å². The first-order chi connectivity index (χ1) is 7.63. The summed E-state index contributed by atoms with van der Waals surface area (Å²) in [7, 11) is 2.34. The summed E-state index contributed by atoms with van der Waals surface area (Å²) in [5, 5.41) is 0. The molecule has 0 saturated heterocycles. The van der Waals surface area contributed by atoms with Crippen LogP contribution < -0.4 is 9.47 Å². The Bertz CT molecular complexity index is 393. The van der Waals surface area contributed by atoms with Crippen LogP contribution in [0.5, 0.6) is 11.5 Å². The molecule has 0 fully saturated rings.